The molecule has 2 fully saturated rings. The predicted molar refractivity (Wildman–Crippen MR) is 108 cm³/mol. The minimum atomic E-state index is 0.0594. The molecule has 0 atom stereocenters. The number of nitrogens with one attached hydrogen (secondary N) is 1. The van der Waals surface area contributed by atoms with Crippen LogP contribution >= 0.6 is 11.8 Å². The first-order chi connectivity index (χ1) is 12.8. The number of benzene rings is 1. The number of rotatable bonds is 4. The number of furan rings is 1. The number of hydrogen-bond acceptors (Lipinski definition) is 4. The Morgan fingerprint density at radius 3 is 2.85 bits per heavy atom. The van der Waals surface area contributed by atoms with Gasteiger partial charge in [-0.1, -0.05) is 37.5 Å². The number of carbonyl (C=O) groups excluding carboxylic acids is 1. The maximum atomic E-state index is 13.2. The van der Waals surface area contributed by atoms with E-state index < -0.39 is 0 Å². The third kappa shape index (κ3) is 3.94. The number of thioether (sulfide) groups is 1. The quantitative estimate of drug-likeness (QED) is 0.862. The van der Waals surface area contributed by atoms with E-state index in [1.807, 2.05) is 34.9 Å². The second-order valence-corrected chi connectivity index (χ2v) is 8.66. The second-order valence-electron chi connectivity index (χ2n) is 7.37. The molecule has 2 aliphatic rings. The van der Waals surface area contributed by atoms with Crippen LogP contribution in [0.3, 0.4) is 0 Å². The Hall–Kier alpha value is -1.46. The average molecular weight is 373 g/mol. The predicted octanol–water partition coefficient (Wildman–Crippen LogP) is 4.43. The first-order valence-corrected chi connectivity index (χ1v) is 11.0. The van der Waals surface area contributed by atoms with Crippen molar-refractivity contribution >= 4 is 28.6 Å². The summed E-state index contributed by atoms with van der Waals surface area (Å²) in [7, 11) is 0. The molecule has 26 heavy (non-hydrogen) atoms. The molecule has 1 N–H and O–H groups in total. The highest BCUT2D eigenvalue weighted by molar-refractivity contribution is 7.99. The standard InChI is InChI=1S/C21H28N2O2S/c24-21(23-13-6-11-22-12-14-23)20-18(15-26-16-7-2-1-3-8-16)17-9-4-5-10-19(17)25-20/h4-5,9-10,16,22H,1-3,6-8,11-15H2. The topological polar surface area (TPSA) is 45.5 Å². The van der Waals surface area contributed by atoms with Crippen LogP contribution < -0.4 is 5.32 Å². The van der Waals surface area contributed by atoms with Crippen molar-refractivity contribution in [1.29, 1.82) is 0 Å². The summed E-state index contributed by atoms with van der Waals surface area (Å²) < 4.78 is 6.07. The lowest BCUT2D eigenvalue weighted by Crippen LogP contribution is -2.34. The SMILES string of the molecule is O=C(c1oc2ccccc2c1CSC1CCCCC1)N1CCCNCC1. The van der Waals surface area contributed by atoms with Gasteiger partial charge in [0.15, 0.2) is 5.76 Å². The molecule has 0 bridgehead atoms. The first-order valence-electron chi connectivity index (χ1n) is 9.95. The fourth-order valence-electron chi connectivity index (χ4n) is 4.04. The highest BCUT2D eigenvalue weighted by Crippen LogP contribution is 2.35. The van der Waals surface area contributed by atoms with E-state index in [-0.39, 0.29) is 5.91 Å². The average Bonchev–Trinajstić information content (AvgIpc) is 2.85. The van der Waals surface area contributed by atoms with E-state index in [2.05, 4.69) is 11.4 Å². The number of nitrogens with zero attached hydrogens (tertiary/aromatic N) is 1. The summed E-state index contributed by atoms with van der Waals surface area (Å²) in [5.74, 6) is 1.50. The second kappa shape index (κ2) is 8.49. The normalized spacial score (nSPS) is 19.6. The number of para-hydroxylation sites is 1. The lowest BCUT2D eigenvalue weighted by atomic mass is 10.0. The van der Waals surface area contributed by atoms with Gasteiger partial charge in [-0.05, 0) is 31.9 Å². The van der Waals surface area contributed by atoms with Crippen LogP contribution in [0.1, 0.15) is 54.6 Å². The van der Waals surface area contributed by atoms with Gasteiger partial charge >= 0.3 is 0 Å². The Bertz CT molecular complexity index is 744. The zero-order valence-corrected chi connectivity index (χ0v) is 16.2. The van der Waals surface area contributed by atoms with Gasteiger partial charge in [0.2, 0.25) is 0 Å². The van der Waals surface area contributed by atoms with Crippen molar-refractivity contribution in [1.82, 2.24) is 10.2 Å². The maximum absolute atomic E-state index is 13.2. The summed E-state index contributed by atoms with van der Waals surface area (Å²) in [6.45, 7) is 3.40. The number of fused-ring (bicyclic) bond motifs is 1. The highest BCUT2D eigenvalue weighted by atomic mass is 32.2. The Balaban J connectivity index is 1.59. The van der Waals surface area contributed by atoms with E-state index in [0.29, 0.717) is 5.76 Å². The molecule has 1 saturated heterocycles. The molecular formula is C21H28N2O2S. The number of hydrogen-bond donors (Lipinski definition) is 1. The van der Waals surface area contributed by atoms with Crippen molar-refractivity contribution in [3.05, 3.63) is 35.6 Å². The molecule has 0 radical (unpaired) electrons. The smallest absolute Gasteiger partial charge is 0.289 e. The largest absolute Gasteiger partial charge is 0.451 e. The van der Waals surface area contributed by atoms with Gasteiger partial charge in [0.25, 0.3) is 5.91 Å². The summed E-state index contributed by atoms with van der Waals surface area (Å²) in [4.78, 5) is 15.1. The summed E-state index contributed by atoms with van der Waals surface area (Å²) in [6, 6.07) is 8.09. The molecule has 140 valence electrons. The van der Waals surface area contributed by atoms with Gasteiger partial charge in [-0.3, -0.25) is 4.79 Å². The Kier molecular flexibility index (Phi) is 5.85. The van der Waals surface area contributed by atoms with Crippen LogP contribution in [0.5, 0.6) is 0 Å². The van der Waals surface area contributed by atoms with E-state index in [0.717, 1.165) is 60.1 Å². The van der Waals surface area contributed by atoms with Crippen LogP contribution in [0.15, 0.2) is 28.7 Å². The van der Waals surface area contributed by atoms with E-state index in [4.69, 9.17) is 4.42 Å². The molecule has 1 aromatic heterocycles. The molecule has 0 unspecified atom stereocenters. The third-order valence-corrected chi connectivity index (χ3v) is 6.93. The van der Waals surface area contributed by atoms with Crippen molar-refractivity contribution in [2.45, 2.75) is 49.5 Å². The Morgan fingerprint density at radius 2 is 1.96 bits per heavy atom. The van der Waals surface area contributed by atoms with Gasteiger partial charge in [0, 0.05) is 41.6 Å². The van der Waals surface area contributed by atoms with E-state index in [1.54, 1.807) is 0 Å². The van der Waals surface area contributed by atoms with Crippen LogP contribution in [0.25, 0.3) is 11.0 Å². The van der Waals surface area contributed by atoms with Gasteiger partial charge in [-0.25, -0.2) is 0 Å². The van der Waals surface area contributed by atoms with Gasteiger partial charge in [-0.15, -0.1) is 0 Å². The van der Waals surface area contributed by atoms with E-state index in [1.165, 1.54) is 32.1 Å². The molecule has 1 aromatic carbocycles. The van der Waals surface area contributed by atoms with E-state index in [9.17, 15) is 4.79 Å². The van der Waals surface area contributed by atoms with Crippen molar-refractivity contribution in [3.8, 4) is 0 Å². The molecule has 2 aromatic rings. The minimum Gasteiger partial charge on any atom is -0.451 e. The van der Waals surface area contributed by atoms with Crippen molar-refractivity contribution < 1.29 is 9.21 Å². The number of carbonyl (C=O) groups is 1. The molecule has 2 heterocycles. The maximum Gasteiger partial charge on any atom is 0.289 e. The summed E-state index contributed by atoms with van der Waals surface area (Å²) >= 11 is 2.01. The molecule has 5 heteroatoms. The summed E-state index contributed by atoms with van der Waals surface area (Å²) in [5.41, 5.74) is 1.93. The van der Waals surface area contributed by atoms with Crippen LogP contribution in [0.4, 0.5) is 0 Å². The minimum absolute atomic E-state index is 0.0594. The van der Waals surface area contributed by atoms with Crippen molar-refractivity contribution in [3.63, 3.8) is 0 Å². The first kappa shape index (κ1) is 17.9. The third-order valence-electron chi connectivity index (χ3n) is 5.54. The number of amides is 1. The molecule has 0 spiro atoms. The Morgan fingerprint density at radius 1 is 1.12 bits per heavy atom. The van der Waals surface area contributed by atoms with E-state index >= 15 is 0 Å². The zero-order valence-electron chi connectivity index (χ0n) is 15.3. The Labute approximate surface area is 159 Å². The summed E-state index contributed by atoms with van der Waals surface area (Å²) in [6.07, 6.45) is 7.67. The fourth-order valence-corrected chi connectivity index (χ4v) is 5.40. The lowest BCUT2D eigenvalue weighted by molar-refractivity contribution is 0.0735. The van der Waals surface area contributed by atoms with Crippen LogP contribution in [0, 0.1) is 0 Å². The van der Waals surface area contributed by atoms with Gasteiger partial charge in [0.1, 0.15) is 5.58 Å². The van der Waals surface area contributed by atoms with Crippen LogP contribution in [-0.4, -0.2) is 42.2 Å². The fraction of sp³-hybridized carbons (Fsp3) is 0.571. The monoisotopic (exact) mass is 372 g/mol. The molecule has 1 amide bonds. The van der Waals surface area contributed by atoms with Crippen molar-refractivity contribution in [2.75, 3.05) is 26.2 Å². The molecule has 1 saturated carbocycles. The summed E-state index contributed by atoms with van der Waals surface area (Å²) in [5, 5.41) is 5.19. The van der Waals surface area contributed by atoms with Gasteiger partial charge in [-0.2, -0.15) is 11.8 Å². The highest BCUT2D eigenvalue weighted by Gasteiger charge is 2.26. The van der Waals surface area contributed by atoms with Crippen molar-refractivity contribution in [2.24, 2.45) is 0 Å². The molecule has 4 rings (SSSR count). The van der Waals surface area contributed by atoms with Crippen LogP contribution in [0.2, 0.25) is 0 Å². The zero-order chi connectivity index (χ0) is 17.8. The molecule has 1 aliphatic carbocycles. The molecular weight excluding hydrogens is 344 g/mol. The molecule has 4 nitrogen and oxygen atoms in total. The lowest BCUT2D eigenvalue weighted by Gasteiger charge is -2.22. The van der Waals surface area contributed by atoms with Crippen LogP contribution in [-0.2, 0) is 5.75 Å². The van der Waals surface area contributed by atoms with Gasteiger partial charge in [0.05, 0.1) is 0 Å². The van der Waals surface area contributed by atoms with Gasteiger partial charge < -0.3 is 14.6 Å². The molecule has 1 aliphatic heterocycles.